The van der Waals surface area contributed by atoms with Gasteiger partial charge in [-0.25, -0.2) is 9.48 Å². The van der Waals surface area contributed by atoms with Crippen LogP contribution in [0.3, 0.4) is 0 Å². The molecule has 0 saturated carbocycles. The van der Waals surface area contributed by atoms with Crippen molar-refractivity contribution in [2.24, 2.45) is 0 Å². The largest absolute Gasteiger partial charge is 0.462 e. The van der Waals surface area contributed by atoms with E-state index in [-0.39, 0.29) is 5.75 Å². The molecule has 2 aliphatic rings. The van der Waals surface area contributed by atoms with Crippen LogP contribution in [-0.4, -0.2) is 81.0 Å². The van der Waals surface area contributed by atoms with Crippen molar-refractivity contribution in [1.82, 2.24) is 15.3 Å². The van der Waals surface area contributed by atoms with Crippen LogP contribution in [0.1, 0.15) is 27.7 Å². The van der Waals surface area contributed by atoms with Crippen molar-refractivity contribution < 1.29 is 47.8 Å². The number of aliphatic hydroxyl groups excluding tert-OH is 2. The van der Waals surface area contributed by atoms with Crippen molar-refractivity contribution in [2.75, 3.05) is 6.61 Å². The van der Waals surface area contributed by atoms with Gasteiger partial charge in [-0.3, -0.25) is 9.59 Å². The van der Waals surface area contributed by atoms with Gasteiger partial charge in [0, 0.05) is 12.3 Å². The van der Waals surface area contributed by atoms with E-state index >= 15 is 4.39 Å². The Hall–Kier alpha value is -2.16. The Morgan fingerprint density at radius 1 is 1.32 bits per heavy atom. The zero-order chi connectivity index (χ0) is 27.6. The van der Waals surface area contributed by atoms with Gasteiger partial charge < -0.3 is 44.1 Å². The van der Waals surface area contributed by atoms with E-state index in [1.165, 1.54) is 6.92 Å². The van der Waals surface area contributed by atoms with Crippen LogP contribution in [0.2, 0.25) is 0 Å². The first-order chi connectivity index (χ1) is 17.2. The molecule has 1 aromatic rings. The summed E-state index contributed by atoms with van der Waals surface area (Å²) in [7, 11) is 0. The first-order valence-corrected chi connectivity index (χ1v) is 14.0. The topological polar surface area (TPSA) is 159 Å². The second kappa shape index (κ2) is 11.3. The maximum absolute atomic E-state index is 16.0. The van der Waals surface area contributed by atoms with Gasteiger partial charge in [0.15, 0.2) is 6.23 Å². The van der Waals surface area contributed by atoms with Crippen LogP contribution < -0.4 is 14.9 Å². The second-order valence-electron chi connectivity index (χ2n) is 9.04. The predicted molar refractivity (Wildman–Crippen MR) is 132 cm³/mol. The summed E-state index contributed by atoms with van der Waals surface area (Å²) in [6, 6.07) is 7.23. The number of amides is 1. The summed E-state index contributed by atoms with van der Waals surface area (Å²) in [5.41, 5.74) is -2.27. The summed E-state index contributed by atoms with van der Waals surface area (Å²) < 4.78 is 37.9. The molecule has 2 heterocycles. The molecule has 1 aromatic carbocycles. The number of rotatable bonds is 10. The van der Waals surface area contributed by atoms with Gasteiger partial charge in [0.1, 0.15) is 30.1 Å². The van der Waals surface area contributed by atoms with E-state index in [2.05, 4.69) is 10.4 Å². The van der Waals surface area contributed by atoms with Crippen LogP contribution in [0, 0.1) is 0 Å². The predicted octanol–water partition coefficient (Wildman–Crippen LogP) is 0.592. The minimum Gasteiger partial charge on any atom is -0.462 e. The molecule has 1 amide bonds. The fourth-order valence-electron chi connectivity index (χ4n) is 3.62. The average molecular weight is 564 g/mol. The first kappa shape index (κ1) is 29.4. The summed E-state index contributed by atoms with van der Waals surface area (Å²) in [6.07, 6.45) is -3.75. The van der Waals surface area contributed by atoms with Gasteiger partial charge in [-0.1, -0.05) is 18.2 Å². The van der Waals surface area contributed by atoms with Crippen molar-refractivity contribution in [1.29, 1.82) is 0 Å². The van der Waals surface area contributed by atoms with E-state index in [1.54, 1.807) is 44.2 Å². The molecular formula is C22H31FN3O9PS. The molecule has 0 bridgehead atoms. The number of carbonyl (C=O) groups excluding carboxylic acids is 2. The van der Waals surface area contributed by atoms with E-state index in [1.807, 2.05) is 0 Å². The highest BCUT2D eigenvalue weighted by Gasteiger charge is 2.64. The Balaban J connectivity index is 1.81. The molecule has 2 unspecified atom stereocenters. The Kier molecular flexibility index (Phi) is 8.97. The van der Waals surface area contributed by atoms with Crippen LogP contribution in [0.5, 0.6) is 5.75 Å². The second-order valence-corrected chi connectivity index (χ2v) is 12.2. The minimum absolute atomic E-state index is 0.269. The zero-order valence-corrected chi connectivity index (χ0v) is 22.3. The number of hydrogen-bond acceptors (Lipinski definition) is 11. The molecule has 1 fully saturated rings. The lowest BCUT2D eigenvalue weighted by molar-refractivity contribution is -0.225. The zero-order valence-electron chi connectivity index (χ0n) is 20.6. The smallest absolute Gasteiger partial charge is 0.323 e. The first-order valence-electron chi connectivity index (χ1n) is 11.4. The molecule has 7 atom stereocenters. The van der Waals surface area contributed by atoms with Crippen molar-refractivity contribution in [2.45, 2.75) is 70.0 Å². The molecule has 206 valence electrons. The van der Waals surface area contributed by atoms with Crippen LogP contribution in [0.15, 0.2) is 42.6 Å². The molecule has 2 aliphatic heterocycles. The third-order valence-corrected chi connectivity index (χ3v) is 7.93. The molecule has 1 saturated heterocycles. The highest BCUT2D eigenvalue weighted by Crippen LogP contribution is 2.49. The summed E-state index contributed by atoms with van der Waals surface area (Å²) >= 11 is 5.53. The molecule has 5 N–H and O–H groups in total. The number of nitrogens with one attached hydrogen (secondary N) is 2. The van der Waals surface area contributed by atoms with Gasteiger partial charge >= 0.3 is 12.6 Å². The number of alkyl halides is 1. The lowest BCUT2D eigenvalue weighted by atomic mass is 9.95. The molecule has 3 rings (SSSR count). The van der Waals surface area contributed by atoms with Crippen molar-refractivity contribution >= 4 is 30.3 Å². The van der Waals surface area contributed by atoms with Gasteiger partial charge in [0.25, 0.3) is 5.85 Å². The quantitative estimate of drug-likeness (QED) is 0.200. The lowest BCUT2D eigenvalue weighted by Gasteiger charge is -2.38. The van der Waals surface area contributed by atoms with E-state index in [0.717, 1.165) is 24.1 Å². The van der Waals surface area contributed by atoms with Crippen LogP contribution in [0.4, 0.5) is 4.39 Å². The van der Waals surface area contributed by atoms with Crippen LogP contribution in [-0.2, 0) is 35.4 Å². The third kappa shape index (κ3) is 6.84. The number of ether oxygens (including phenoxy) is 2. The molecule has 12 nitrogen and oxygen atoms in total. The van der Waals surface area contributed by atoms with Crippen molar-refractivity contribution in [3.8, 4) is 5.75 Å². The number of aliphatic hydroxyl groups is 3. The molecule has 37 heavy (non-hydrogen) atoms. The molecule has 0 radical (unpaired) electrons. The van der Waals surface area contributed by atoms with Gasteiger partial charge in [0.2, 0.25) is 12.3 Å². The number of halogens is 1. The number of benzene rings is 1. The summed E-state index contributed by atoms with van der Waals surface area (Å²) in [5.74, 6) is -4.03. The monoisotopic (exact) mass is 563 g/mol. The third-order valence-electron chi connectivity index (χ3n) is 5.45. The van der Waals surface area contributed by atoms with Crippen molar-refractivity contribution in [3.05, 3.63) is 42.6 Å². The molecule has 0 spiro atoms. The summed E-state index contributed by atoms with van der Waals surface area (Å²) in [5, 5.41) is 36.6. The normalized spacial score (nSPS) is 32.1. The van der Waals surface area contributed by atoms with Crippen LogP contribution in [0.25, 0.3) is 0 Å². The fourth-order valence-corrected chi connectivity index (χ4v) is 6.01. The standard InChI is InChI=1S/C22H31FN3O9PS/c1-13(2)33-17(28)14(3)25-36(37,35-15-8-6-5-7-9-15)32-12-22(23)18(29)21(4,31)19(34-22)26-11-10-16(27)24-20(26)30/h5-11,13-14,18-20,29-31H,12H2,1-4H3,(H,24,27)(H,25,37)/t14-,18-,19+,20?,21+,22+,36?/m0/s1. The number of carbonyl (C=O) groups is 2. The minimum atomic E-state index is -3.69. The molecule has 0 aromatic heterocycles. The van der Waals surface area contributed by atoms with Gasteiger partial charge in [0.05, 0.1) is 6.10 Å². The van der Waals surface area contributed by atoms with Crippen molar-refractivity contribution in [3.63, 3.8) is 0 Å². The molecule has 0 aliphatic carbocycles. The Morgan fingerprint density at radius 2 is 1.97 bits per heavy atom. The summed E-state index contributed by atoms with van der Waals surface area (Å²) in [4.78, 5) is 24.7. The SMILES string of the molecule is CC(C)OC(=O)[C@H](C)NP(=S)(OC[C@@]1(F)O[C@@H](N2C=CC(=O)NC2O)[C@](C)(O)[C@@H]1O)Oc1ccccc1. The average Bonchev–Trinajstić information content (AvgIpc) is 2.98. The number of para-hydroxylation sites is 1. The highest BCUT2D eigenvalue weighted by atomic mass is 32.5. The molecular weight excluding hydrogens is 532 g/mol. The Labute approximate surface area is 218 Å². The van der Waals surface area contributed by atoms with Gasteiger partial charge in [-0.15, -0.1) is 0 Å². The lowest BCUT2D eigenvalue weighted by Crippen LogP contribution is -2.59. The highest BCUT2D eigenvalue weighted by molar-refractivity contribution is 8.09. The Morgan fingerprint density at radius 3 is 2.57 bits per heavy atom. The molecule has 15 heteroatoms. The fraction of sp³-hybridized carbons (Fsp3) is 0.545. The summed E-state index contributed by atoms with van der Waals surface area (Å²) in [6.45, 7) is 1.19. The van der Waals surface area contributed by atoms with Gasteiger partial charge in [-0.2, -0.15) is 0 Å². The van der Waals surface area contributed by atoms with E-state index in [4.69, 9.17) is 30.3 Å². The van der Waals surface area contributed by atoms with E-state index in [0.29, 0.717) is 0 Å². The van der Waals surface area contributed by atoms with Gasteiger partial charge in [-0.05, 0) is 51.6 Å². The maximum atomic E-state index is 16.0. The van der Waals surface area contributed by atoms with E-state index in [9.17, 15) is 24.9 Å². The number of nitrogens with zero attached hydrogens (tertiary/aromatic N) is 1. The van der Waals surface area contributed by atoms with Crippen LogP contribution >= 0.6 is 6.64 Å². The Bertz CT molecular complexity index is 1060. The number of hydrogen-bond donors (Lipinski definition) is 5. The number of esters is 1. The van der Waals surface area contributed by atoms with E-state index < -0.39 is 67.4 Å². The maximum Gasteiger partial charge on any atom is 0.323 e.